The fourth-order valence-electron chi connectivity index (χ4n) is 2.85. The molecule has 3 rings (SSSR count). The summed E-state index contributed by atoms with van der Waals surface area (Å²) in [7, 11) is 0. The predicted octanol–water partition coefficient (Wildman–Crippen LogP) is 2.11. The van der Waals surface area contributed by atoms with Gasteiger partial charge in [0.05, 0.1) is 12.7 Å². The summed E-state index contributed by atoms with van der Waals surface area (Å²) in [5, 5.41) is 0. The van der Waals surface area contributed by atoms with Crippen molar-refractivity contribution in [2.45, 2.75) is 32.6 Å². The van der Waals surface area contributed by atoms with Crippen LogP contribution in [0.2, 0.25) is 0 Å². The molecule has 5 nitrogen and oxygen atoms in total. The Morgan fingerprint density at radius 3 is 2.68 bits per heavy atom. The van der Waals surface area contributed by atoms with E-state index in [0.717, 1.165) is 5.69 Å². The molecule has 2 aromatic rings. The number of aryl methyl sites for hydroxylation is 1. The number of aromatic nitrogens is 1. The first-order valence-electron chi connectivity index (χ1n) is 8.34. The zero-order valence-electron chi connectivity index (χ0n) is 14.2. The molecule has 0 atom stereocenters. The summed E-state index contributed by atoms with van der Waals surface area (Å²) in [6.07, 6.45) is 0.217. The van der Waals surface area contributed by atoms with Crippen molar-refractivity contribution in [1.29, 1.82) is 0 Å². The summed E-state index contributed by atoms with van der Waals surface area (Å²) in [6, 6.07) is 11.6. The lowest BCUT2D eigenvalue weighted by Gasteiger charge is -2.39. The van der Waals surface area contributed by atoms with Crippen LogP contribution >= 0.6 is 0 Å². The van der Waals surface area contributed by atoms with Gasteiger partial charge in [0.1, 0.15) is 5.82 Å². The van der Waals surface area contributed by atoms with Gasteiger partial charge in [-0.25, -0.2) is 4.39 Å². The number of rotatable bonds is 6. The van der Waals surface area contributed by atoms with E-state index < -0.39 is 0 Å². The van der Waals surface area contributed by atoms with Gasteiger partial charge in [-0.1, -0.05) is 24.3 Å². The van der Waals surface area contributed by atoms with Crippen molar-refractivity contribution in [2.24, 2.45) is 0 Å². The third-order valence-electron chi connectivity index (χ3n) is 4.45. The van der Waals surface area contributed by atoms with Crippen LogP contribution in [0.5, 0.6) is 0 Å². The lowest BCUT2D eigenvalue weighted by Crippen LogP contribution is -2.54. The van der Waals surface area contributed by atoms with Gasteiger partial charge in [0.25, 0.3) is 5.56 Å². The number of amides is 1. The van der Waals surface area contributed by atoms with Crippen LogP contribution in [0.25, 0.3) is 0 Å². The third-order valence-corrected chi connectivity index (χ3v) is 4.45. The van der Waals surface area contributed by atoms with Gasteiger partial charge in [0.2, 0.25) is 5.91 Å². The molecule has 1 saturated heterocycles. The lowest BCUT2D eigenvalue weighted by atomic mass is 10.1. The summed E-state index contributed by atoms with van der Waals surface area (Å²) in [5.41, 5.74) is 1.27. The number of likely N-dealkylation sites (tertiary alicyclic amines) is 1. The van der Waals surface area contributed by atoms with Crippen LogP contribution in [0, 0.1) is 12.7 Å². The number of carbonyl (C=O) groups excluding carboxylic acids is 1. The zero-order valence-corrected chi connectivity index (χ0v) is 14.2. The molecule has 1 aliphatic heterocycles. The van der Waals surface area contributed by atoms with Gasteiger partial charge in [-0.2, -0.15) is 0 Å². The average molecular weight is 344 g/mol. The Balaban J connectivity index is 1.43. The van der Waals surface area contributed by atoms with Crippen molar-refractivity contribution in [3.63, 3.8) is 0 Å². The van der Waals surface area contributed by atoms with Gasteiger partial charge in [-0.3, -0.25) is 9.59 Å². The van der Waals surface area contributed by atoms with E-state index >= 15 is 0 Å². The Morgan fingerprint density at radius 1 is 1.20 bits per heavy atom. The van der Waals surface area contributed by atoms with Gasteiger partial charge in [0, 0.05) is 43.4 Å². The quantitative estimate of drug-likeness (QED) is 0.806. The summed E-state index contributed by atoms with van der Waals surface area (Å²) in [6.45, 7) is 3.45. The molecule has 2 heterocycles. The number of ether oxygens (including phenoxy) is 1. The highest BCUT2D eigenvalue weighted by Gasteiger charge is 2.31. The molecular formula is C19H21FN2O3. The second kappa shape index (κ2) is 7.61. The molecule has 0 saturated carbocycles. The second-order valence-electron chi connectivity index (χ2n) is 6.23. The van der Waals surface area contributed by atoms with E-state index in [4.69, 9.17) is 4.74 Å². The molecule has 6 heteroatoms. The van der Waals surface area contributed by atoms with E-state index in [-0.39, 0.29) is 36.4 Å². The molecule has 132 valence electrons. The fourth-order valence-corrected chi connectivity index (χ4v) is 2.85. The molecule has 25 heavy (non-hydrogen) atoms. The first-order valence-corrected chi connectivity index (χ1v) is 8.34. The number of hydrogen-bond acceptors (Lipinski definition) is 3. The Labute approximate surface area is 145 Å². The predicted molar refractivity (Wildman–Crippen MR) is 91.6 cm³/mol. The lowest BCUT2D eigenvalue weighted by molar-refractivity contribution is -0.146. The molecule has 1 amide bonds. The number of carbonyl (C=O) groups is 1. The number of benzene rings is 1. The molecule has 1 aliphatic rings. The average Bonchev–Trinajstić information content (AvgIpc) is 2.54. The van der Waals surface area contributed by atoms with Crippen LogP contribution in [0.1, 0.15) is 17.7 Å². The van der Waals surface area contributed by atoms with Crippen molar-refractivity contribution in [1.82, 2.24) is 9.47 Å². The largest absolute Gasteiger partial charge is 0.370 e. The van der Waals surface area contributed by atoms with Gasteiger partial charge >= 0.3 is 0 Å². The molecule has 0 bridgehead atoms. The van der Waals surface area contributed by atoms with E-state index in [2.05, 4.69) is 0 Å². The zero-order chi connectivity index (χ0) is 17.8. The van der Waals surface area contributed by atoms with Crippen LogP contribution in [0.15, 0.2) is 47.3 Å². The molecule has 0 aliphatic carbocycles. The Morgan fingerprint density at radius 2 is 1.96 bits per heavy atom. The fraction of sp³-hybridized carbons (Fsp3) is 0.368. The summed E-state index contributed by atoms with van der Waals surface area (Å²) < 4.78 is 20.8. The monoisotopic (exact) mass is 344 g/mol. The highest BCUT2D eigenvalue weighted by atomic mass is 19.1. The molecule has 0 unspecified atom stereocenters. The van der Waals surface area contributed by atoms with E-state index in [1.165, 1.54) is 12.1 Å². The van der Waals surface area contributed by atoms with Crippen molar-refractivity contribution in [3.8, 4) is 0 Å². The van der Waals surface area contributed by atoms with Crippen LogP contribution in [0.3, 0.4) is 0 Å². The molecule has 0 radical (unpaired) electrons. The van der Waals surface area contributed by atoms with Crippen LogP contribution in [-0.4, -0.2) is 34.6 Å². The van der Waals surface area contributed by atoms with Crippen LogP contribution < -0.4 is 5.56 Å². The number of nitrogens with zero attached hydrogens (tertiary/aromatic N) is 2. The number of halogens is 1. The van der Waals surface area contributed by atoms with Crippen LogP contribution in [0.4, 0.5) is 4.39 Å². The normalized spacial score (nSPS) is 14.4. The first-order chi connectivity index (χ1) is 12.0. The molecule has 1 aromatic heterocycles. The minimum atomic E-state index is -0.279. The SMILES string of the molecule is Cc1cccc(=O)n1CCC(=O)N1CC(OCc2ccccc2F)C1. The maximum Gasteiger partial charge on any atom is 0.250 e. The highest BCUT2D eigenvalue weighted by molar-refractivity contribution is 5.77. The molecular weight excluding hydrogens is 323 g/mol. The molecule has 1 fully saturated rings. The van der Waals surface area contributed by atoms with E-state index in [1.807, 2.05) is 13.0 Å². The van der Waals surface area contributed by atoms with Gasteiger partial charge in [0.15, 0.2) is 0 Å². The first kappa shape index (κ1) is 17.4. The maximum atomic E-state index is 13.5. The number of pyridine rings is 1. The van der Waals surface area contributed by atoms with E-state index in [0.29, 0.717) is 25.2 Å². The van der Waals surface area contributed by atoms with Crippen molar-refractivity contribution in [2.75, 3.05) is 13.1 Å². The number of hydrogen-bond donors (Lipinski definition) is 0. The summed E-state index contributed by atoms with van der Waals surface area (Å²) in [4.78, 5) is 25.7. The minimum Gasteiger partial charge on any atom is -0.370 e. The minimum absolute atomic E-state index is 0.000828. The maximum absolute atomic E-state index is 13.5. The molecule has 1 aromatic carbocycles. The Kier molecular flexibility index (Phi) is 5.28. The second-order valence-corrected chi connectivity index (χ2v) is 6.23. The van der Waals surface area contributed by atoms with Crippen molar-refractivity contribution >= 4 is 5.91 Å². The Hall–Kier alpha value is -2.47. The van der Waals surface area contributed by atoms with Crippen molar-refractivity contribution in [3.05, 3.63) is 69.9 Å². The van der Waals surface area contributed by atoms with Crippen LogP contribution in [-0.2, 0) is 22.7 Å². The summed E-state index contributed by atoms with van der Waals surface area (Å²) >= 11 is 0. The van der Waals surface area contributed by atoms with E-state index in [1.54, 1.807) is 33.7 Å². The molecule has 0 spiro atoms. The Bertz CT molecular complexity index is 812. The summed E-state index contributed by atoms with van der Waals surface area (Å²) in [5.74, 6) is -0.278. The van der Waals surface area contributed by atoms with Gasteiger partial charge in [-0.05, 0) is 19.1 Å². The third kappa shape index (κ3) is 4.14. The molecule has 0 N–H and O–H groups in total. The van der Waals surface area contributed by atoms with E-state index in [9.17, 15) is 14.0 Å². The van der Waals surface area contributed by atoms with Gasteiger partial charge < -0.3 is 14.2 Å². The topological polar surface area (TPSA) is 51.5 Å². The standard InChI is InChI=1S/C19H21FN2O3/c1-14-5-4-8-19(24)22(14)10-9-18(23)21-11-16(12-21)25-13-15-6-2-3-7-17(15)20/h2-8,16H,9-13H2,1H3. The van der Waals surface area contributed by atoms with Crippen molar-refractivity contribution < 1.29 is 13.9 Å². The highest BCUT2D eigenvalue weighted by Crippen LogP contribution is 2.16. The van der Waals surface area contributed by atoms with Gasteiger partial charge in [-0.15, -0.1) is 0 Å². The smallest absolute Gasteiger partial charge is 0.250 e.